The molecule has 0 spiro atoms. The number of anilines is 1. The molecule has 138 valence electrons. The van der Waals surface area contributed by atoms with Crippen molar-refractivity contribution in [2.75, 3.05) is 31.8 Å². The Balaban J connectivity index is 1.68. The average Bonchev–Trinajstić information content (AvgIpc) is 2.67. The van der Waals surface area contributed by atoms with Crippen LogP contribution in [0.15, 0.2) is 53.4 Å². The van der Waals surface area contributed by atoms with Gasteiger partial charge in [-0.25, -0.2) is 4.79 Å². The number of benzene rings is 2. The normalized spacial score (nSPS) is 10.1. The van der Waals surface area contributed by atoms with Crippen LogP contribution in [0, 0.1) is 0 Å². The lowest BCUT2D eigenvalue weighted by molar-refractivity contribution is 0.0601. The maximum absolute atomic E-state index is 11.5. The first kappa shape index (κ1) is 20.1. The van der Waals surface area contributed by atoms with Crippen LogP contribution >= 0.6 is 24.0 Å². The first-order valence-electron chi connectivity index (χ1n) is 8.12. The third kappa shape index (κ3) is 6.57. The van der Waals surface area contributed by atoms with E-state index in [0.29, 0.717) is 10.7 Å². The number of carbonyl (C=O) groups is 1. The Morgan fingerprint density at radius 3 is 2.62 bits per heavy atom. The van der Waals surface area contributed by atoms with E-state index in [2.05, 4.69) is 22.8 Å². The molecule has 0 aliphatic heterocycles. The smallest absolute Gasteiger partial charge is 0.337 e. The lowest BCUT2D eigenvalue weighted by Crippen LogP contribution is -2.29. The summed E-state index contributed by atoms with van der Waals surface area (Å²) in [5, 5.41) is 6.77. The fraction of sp³-hybridized carbons (Fsp3) is 0.263. The van der Waals surface area contributed by atoms with Crippen LogP contribution in [0.5, 0.6) is 5.75 Å². The topological polar surface area (TPSA) is 59.6 Å². The van der Waals surface area contributed by atoms with E-state index in [0.717, 1.165) is 30.2 Å². The van der Waals surface area contributed by atoms with Crippen LogP contribution in [0.1, 0.15) is 16.8 Å². The summed E-state index contributed by atoms with van der Waals surface area (Å²) in [5.74, 6) is 1.48. The summed E-state index contributed by atoms with van der Waals surface area (Å²) < 4.78 is 9.86. The molecule has 7 heteroatoms. The Labute approximate surface area is 163 Å². The molecule has 0 saturated heterocycles. The second kappa shape index (κ2) is 10.7. The van der Waals surface area contributed by atoms with Crippen LogP contribution < -0.4 is 15.4 Å². The summed E-state index contributed by atoms with van der Waals surface area (Å²) in [5.41, 5.74) is 1.23. The summed E-state index contributed by atoms with van der Waals surface area (Å²) in [6, 6.07) is 15.1. The molecule has 2 aromatic rings. The van der Waals surface area contributed by atoms with Gasteiger partial charge in [0.2, 0.25) is 0 Å². The Morgan fingerprint density at radius 2 is 1.92 bits per heavy atom. The van der Waals surface area contributed by atoms with Gasteiger partial charge in [-0.2, -0.15) is 0 Å². The summed E-state index contributed by atoms with van der Waals surface area (Å²) in [4.78, 5) is 12.8. The quantitative estimate of drug-likeness (QED) is 0.306. The van der Waals surface area contributed by atoms with Crippen molar-refractivity contribution >= 4 is 40.7 Å². The van der Waals surface area contributed by atoms with Crippen LogP contribution in [0.4, 0.5) is 5.69 Å². The first-order valence-corrected chi connectivity index (χ1v) is 9.52. The lowest BCUT2D eigenvalue weighted by atomic mass is 10.2. The van der Waals surface area contributed by atoms with Crippen LogP contribution in [0.25, 0.3) is 0 Å². The third-order valence-corrected chi connectivity index (χ3v) is 4.82. The highest BCUT2D eigenvalue weighted by Gasteiger charge is 2.06. The maximum atomic E-state index is 11.5. The molecule has 0 bridgehead atoms. The second-order valence-corrected chi connectivity index (χ2v) is 6.91. The van der Waals surface area contributed by atoms with Crippen molar-refractivity contribution in [3.63, 3.8) is 0 Å². The van der Waals surface area contributed by atoms with Crippen LogP contribution in [0.3, 0.4) is 0 Å². The van der Waals surface area contributed by atoms with Crippen molar-refractivity contribution in [2.45, 2.75) is 11.3 Å². The van der Waals surface area contributed by atoms with Gasteiger partial charge >= 0.3 is 5.97 Å². The average molecular weight is 391 g/mol. The second-order valence-electron chi connectivity index (χ2n) is 5.33. The van der Waals surface area contributed by atoms with Gasteiger partial charge in [0.25, 0.3) is 0 Å². The molecule has 0 atom stereocenters. The number of hydrogen-bond acceptors (Lipinski definition) is 5. The fourth-order valence-electron chi connectivity index (χ4n) is 2.15. The van der Waals surface area contributed by atoms with Gasteiger partial charge in [0.15, 0.2) is 5.11 Å². The van der Waals surface area contributed by atoms with E-state index < -0.39 is 0 Å². The zero-order valence-corrected chi connectivity index (χ0v) is 16.4. The number of esters is 1. The molecule has 2 aromatic carbocycles. The van der Waals surface area contributed by atoms with Crippen molar-refractivity contribution in [1.29, 1.82) is 0 Å². The Bertz CT molecular complexity index is 736. The molecule has 2 N–H and O–H groups in total. The number of carbonyl (C=O) groups excluding carboxylic acids is 1. The molecule has 0 aliphatic rings. The van der Waals surface area contributed by atoms with E-state index in [1.54, 1.807) is 37.1 Å². The number of methoxy groups -OCH3 is 2. The van der Waals surface area contributed by atoms with Crippen LogP contribution in [0.2, 0.25) is 0 Å². The van der Waals surface area contributed by atoms with E-state index in [1.807, 2.05) is 18.2 Å². The molecule has 0 amide bonds. The number of nitrogens with one attached hydrogen (secondary N) is 2. The summed E-state index contributed by atoms with van der Waals surface area (Å²) in [6.07, 6.45) is 0.973. The van der Waals surface area contributed by atoms with Gasteiger partial charge in [-0.05, 0) is 66.9 Å². The van der Waals surface area contributed by atoms with E-state index >= 15 is 0 Å². The Hall–Kier alpha value is -2.25. The molecule has 0 unspecified atom stereocenters. The van der Waals surface area contributed by atoms with Gasteiger partial charge < -0.3 is 20.1 Å². The van der Waals surface area contributed by atoms with Crippen molar-refractivity contribution in [2.24, 2.45) is 0 Å². The molecule has 0 radical (unpaired) electrons. The zero-order chi connectivity index (χ0) is 18.8. The van der Waals surface area contributed by atoms with Crippen molar-refractivity contribution in [3.05, 3.63) is 54.1 Å². The Morgan fingerprint density at radius 1 is 1.15 bits per heavy atom. The molecular weight excluding hydrogens is 368 g/mol. The summed E-state index contributed by atoms with van der Waals surface area (Å²) >= 11 is 7.08. The lowest BCUT2D eigenvalue weighted by Gasteiger charge is -2.11. The minimum Gasteiger partial charge on any atom is -0.497 e. The van der Waals surface area contributed by atoms with Gasteiger partial charge in [-0.3, -0.25) is 0 Å². The van der Waals surface area contributed by atoms with Gasteiger partial charge in [0.05, 0.1) is 19.8 Å². The molecule has 5 nitrogen and oxygen atoms in total. The zero-order valence-electron chi connectivity index (χ0n) is 14.8. The maximum Gasteiger partial charge on any atom is 0.337 e. The molecule has 0 heterocycles. The van der Waals surface area contributed by atoms with Crippen molar-refractivity contribution in [1.82, 2.24) is 5.32 Å². The van der Waals surface area contributed by atoms with Crippen LogP contribution in [-0.4, -0.2) is 37.6 Å². The number of thioether (sulfide) groups is 1. The fourth-order valence-corrected chi connectivity index (χ4v) is 3.23. The largest absolute Gasteiger partial charge is 0.497 e. The van der Waals surface area contributed by atoms with E-state index in [9.17, 15) is 4.79 Å². The standard InChI is InChI=1S/C19H22N2O3S2/c1-23-16-7-9-17(10-8-16)26-12-4-11-20-19(25)21-15-6-3-5-14(13-15)18(22)24-2/h3,5-10,13H,4,11-12H2,1-2H3,(H2,20,21,25). The number of rotatable bonds is 8. The van der Waals surface area contributed by atoms with Gasteiger partial charge in [-0.15, -0.1) is 11.8 Å². The summed E-state index contributed by atoms with van der Waals surface area (Å²) in [7, 11) is 3.02. The number of hydrogen-bond donors (Lipinski definition) is 2. The van der Waals surface area contributed by atoms with E-state index in [1.165, 1.54) is 12.0 Å². The van der Waals surface area contributed by atoms with Gasteiger partial charge in [0.1, 0.15) is 5.75 Å². The van der Waals surface area contributed by atoms with Gasteiger partial charge in [-0.1, -0.05) is 6.07 Å². The van der Waals surface area contributed by atoms with Crippen molar-refractivity contribution < 1.29 is 14.3 Å². The molecule has 0 fully saturated rings. The highest BCUT2D eigenvalue weighted by Crippen LogP contribution is 2.21. The van der Waals surface area contributed by atoms with Crippen molar-refractivity contribution in [3.8, 4) is 5.75 Å². The molecule has 2 rings (SSSR count). The van der Waals surface area contributed by atoms with E-state index in [-0.39, 0.29) is 5.97 Å². The number of thiocarbonyl (C=S) groups is 1. The SMILES string of the molecule is COC(=O)c1cccc(NC(=S)NCCCSc2ccc(OC)cc2)c1. The third-order valence-electron chi connectivity index (χ3n) is 3.48. The highest BCUT2D eigenvalue weighted by atomic mass is 32.2. The molecule has 0 aromatic heterocycles. The molecule has 0 saturated carbocycles. The minimum atomic E-state index is -0.372. The summed E-state index contributed by atoms with van der Waals surface area (Å²) in [6.45, 7) is 0.770. The molecular formula is C19H22N2O3S2. The monoisotopic (exact) mass is 390 g/mol. The molecule has 26 heavy (non-hydrogen) atoms. The Kier molecular flexibility index (Phi) is 8.24. The highest BCUT2D eigenvalue weighted by molar-refractivity contribution is 7.99. The first-order chi connectivity index (χ1) is 12.6. The molecule has 0 aliphatic carbocycles. The predicted molar refractivity (Wildman–Crippen MR) is 110 cm³/mol. The van der Waals surface area contributed by atoms with E-state index in [4.69, 9.17) is 21.7 Å². The predicted octanol–water partition coefficient (Wildman–Crippen LogP) is 3.95. The number of ether oxygens (including phenoxy) is 2. The van der Waals surface area contributed by atoms with Gasteiger partial charge in [0, 0.05) is 17.1 Å². The minimum absolute atomic E-state index is 0.372. The van der Waals surface area contributed by atoms with Crippen LogP contribution in [-0.2, 0) is 4.74 Å².